The highest BCUT2D eigenvalue weighted by atomic mass is 16.5. The van der Waals surface area contributed by atoms with Crippen LogP contribution in [0.1, 0.15) is 51.0 Å². The fraction of sp³-hybridized carbons (Fsp3) is 0.750. The molecule has 0 spiro atoms. The number of ether oxygens (including phenoxy) is 1. The molecule has 0 aliphatic heterocycles. The molecule has 4 heteroatoms. The van der Waals surface area contributed by atoms with E-state index in [1.165, 1.54) is 19.3 Å². The molecule has 0 N–H and O–H groups in total. The SMILES string of the molecule is CCOC(C(=O)CCc1cnn(C)c1)C1CCCCC1. The van der Waals surface area contributed by atoms with Gasteiger partial charge in [-0.1, -0.05) is 19.3 Å². The van der Waals surface area contributed by atoms with Gasteiger partial charge in [0, 0.05) is 26.3 Å². The second-order valence-corrected chi connectivity index (χ2v) is 5.76. The molecule has 1 fully saturated rings. The van der Waals surface area contributed by atoms with Crippen molar-refractivity contribution in [1.29, 1.82) is 0 Å². The van der Waals surface area contributed by atoms with Gasteiger partial charge in [0.15, 0.2) is 5.78 Å². The number of carbonyl (C=O) groups is 1. The van der Waals surface area contributed by atoms with E-state index in [1.807, 2.05) is 26.4 Å². The van der Waals surface area contributed by atoms with E-state index in [4.69, 9.17) is 4.74 Å². The largest absolute Gasteiger partial charge is 0.370 e. The van der Waals surface area contributed by atoms with Gasteiger partial charge in [0.05, 0.1) is 6.20 Å². The molecule has 20 heavy (non-hydrogen) atoms. The number of nitrogens with zero attached hydrogens (tertiary/aromatic N) is 2. The first-order chi connectivity index (χ1) is 9.70. The number of ketones is 1. The Hall–Kier alpha value is -1.16. The lowest BCUT2D eigenvalue weighted by molar-refractivity contribution is -0.134. The minimum absolute atomic E-state index is 0.183. The molecule has 1 heterocycles. The Morgan fingerprint density at radius 3 is 2.80 bits per heavy atom. The predicted molar refractivity (Wildman–Crippen MR) is 78.5 cm³/mol. The third-order valence-corrected chi connectivity index (χ3v) is 4.16. The number of carbonyl (C=O) groups excluding carboxylic acids is 1. The van der Waals surface area contributed by atoms with Gasteiger partial charge in [0.2, 0.25) is 0 Å². The van der Waals surface area contributed by atoms with Crippen molar-refractivity contribution < 1.29 is 9.53 Å². The summed E-state index contributed by atoms with van der Waals surface area (Å²) in [5.74, 6) is 0.702. The molecule has 1 aromatic rings. The molecule has 0 amide bonds. The molecule has 1 unspecified atom stereocenters. The van der Waals surface area contributed by atoms with Crippen molar-refractivity contribution in [2.75, 3.05) is 6.61 Å². The van der Waals surface area contributed by atoms with Gasteiger partial charge in [-0.25, -0.2) is 0 Å². The van der Waals surface area contributed by atoms with Gasteiger partial charge < -0.3 is 4.74 Å². The molecule has 4 nitrogen and oxygen atoms in total. The number of Topliss-reactive ketones (excluding diaryl/α,β-unsaturated/α-hetero) is 1. The summed E-state index contributed by atoms with van der Waals surface area (Å²) in [5, 5.41) is 4.14. The highest BCUT2D eigenvalue weighted by Gasteiger charge is 2.29. The number of hydrogen-bond acceptors (Lipinski definition) is 3. The van der Waals surface area contributed by atoms with Crippen molar-refractivity contribution in [3.05, 3.63) is 18.0 Å². The second kappa shape index (κ2) is 7.58. The van der Waals surface area contributed by atoms with Crippen molar-refractivity contribution in [2.45, 2.75) is 58.0 Å². The summed E-state index contributed by atoms with van der Waals surface area (Å²) in [4.78, 5) is 12.5. The lowest BCUT2D eigenvalue weighted by Gasteiger charge is -2.29. The van der Waals surface area contributed by atoms with Crippen LogP contribution in [0.2, 0.25) is 0 Å². The van der Waals surface area contributed by atoms with Crippen LogP contribution in [0.25, 0.3) is 0 Å². The van der Waals surface area contributed by atoms with E-state index in [1.54, 1.807) is 4.68 Å². The van der Waals surface area contributed by atoms with Crippen LogP contribution in [0.5, 0.6) is 0 Å². The first-order valence-electron chi connectivity index (χ1n) is 7.82. The molecular weight excluding hydrogens is 252 g/mol. The van der Waals surface area contributed by atoms with Crippen LogP contribution in [0.3, 0.4) is 0 Å². The van der Waals surface area contributed by atoms with Gasteiger partial charge in [-0.2, -0.15) is 5.10 Å². The zero-order valence-corrected chi connectivity index (χ0v) is 12.7. The van der Waals surface area contributed by atoms with Gasteiger partial charge in [-0.05, 0) is 37.7 Å². The average molecular weight is 278 g/mol. The molecule has 1 aliphatic carbocycles. The van der Waals surface area contributed by atoms with Crippen molar-refractivity contribution in [2.24, 2.45) is 13.0 Å². The van der Waals surface area contributed by atoms with Crippen LogP contribution in [-0.4, -0.2) is 28.3 Å². The molecule has 0 saturated heterocycles. The summed E-state index contributed by atoms with van der Waals surface area (Å²) >= 11 is 0. The maximum atomic E-state index is 12.5. The topological polar surface area (TPSA) is 44.1 Å². The summed E-state index contributed by atoms with van der Waals surface area (Å²) < 4.78 is 7.55. The smallest absolute Gasteiger partial charge is 0.162 e. The molecule has 2 rings (SSSR count). The zero-order valence-electron chi connectivity index (χ0n) is 12.7. The lowest BCUT2D eigenvalue weighted by atomic mass is 9.83. The summed E-state index contributed by atoms with van der Waals surface area (Å²) in [7, 11) is 1.90. The summed E-state index contributed by atoms with van der Waals surface area (Å²) in [5.41, 5.74) is 1.12. The van der Waals surface area contributed by atoms with E-state index >= 15 is 0 Å². The number of aryl methyl sites for hydroxylation is 2. The average Bonchev–Trinajstić information content (AvgIpc) is 2.89. The van der Waals surface area contributed by atoms with Gasteiger partial charge in [0.25, 0.3) is 0 Å². The van der Waals surface area contributed by atoms with Crippen LogP contribution in [0, 0.1) is 5.92 Å². The minimum Gasteiger partial charge on any atom is -0.370 e. The van der Waals surface area contributed by atoms with Gasteiger partial charge in [-0.15, -0.1) is 0 Å². The lowest BCUT2D eigenvalue weighted by Crippen LogP contribution is -2.34. The molecular formula is C16H26N2O2. The number of rotatable bonds is 7. The third kappa shape index (κ3) is 4.17. The molecule has 1 atom stereocenters. The Balaban J connectivity index is 1.88. The van der Waals surface area contributed by atoms with E-state index in [2.05, 4.69) is 5.10 Å². The maximum absolute atomic E-state index is 12.5. The van der Waals surface area contributed by atoms with E-state index in [0.29, 0.717) is 18.9 Å². The van der Waals surface area contributed by atoms with Crippen LogP contribution in [0.15, 0.2) is 12.4 Å². The molecule has 0 aromatic carbocycles. The van der Waals surface area contributed by atoms with Crippen molar-refractivity contribution in [3.63, 3.8) is 0 Å². The van der Waals surface area contributed by atoms with Crippen LogP contribution >= 0.6 is 0 Å². The van der Waals surface area contributed by atoms with Crippen LogP contribution in [0.4, 0.5) is 0 Å². The molecule has 1 aromatic heterocycles. The second-order valence-electron chi connectivity index (χ2n) is 5.76. The molecule has 0 bridgehead atoms. The molecule has 112 valence electrons. The first-order valence-corrected chi connectivity index (χ1v) is 7.82. The maximum Gasteiger partial charge on any atom is 0.162 e. The predicted octanol–water partition coefficient (Wildman–Crippen LogP) is 2.91. The van der Waals surface area contributed by atoms with Crippen LogP contribution in [-0.2, 0) is 23.0 Å². The Bertz CT molecular complexity index is 422. The van der Waals surface area contributed by atoms with E-state index < -0.39 is 0 Å². The third-order valence-electron chi connectivity index (χ3n) is 4.16. The monoisotopic (exact) mass is 278 g/mol. The standard InChI is InChI=1S/C16H26N2O2/c1-3-20-16(14-7-5-4-6-8-14)15(19)10-9-13-11-17-18(2)12-13/h11-12,14,16H,3-10H2,1-2H3. The normalized spacial score (nSPS) is 18.1. The molecule has 1 saturated carbocycles. The van der Waals surface area contributed by atoms with Gasteiger partial charge >= 0.3 is 0 Å². The van der Waals surface area contributed by atoms with Crippen LogP contribution < -0.4 is 0 Å². The Morgan fingerprint density at radius 1 is 1.45 bits per heavy atom. The first kappa shape index (κ1) is 15.2. The van der Waals surface area contributed by atoms with E-state index in [-0.39, 0.29) is 11.9 Å². The van der Waals surface area contributed by atoms with E-state index in [0.717, 1.165) is 24.8 Å². The Kier molecular flexibility index (Phi) is 5.77. The Labute approximate surface area is 121 Å². The van der Waals surface area contributed by atoms with Crippen molar-refractivity contribution in [1.82, 2.24) is 9.78 Å². The zero-order chi connectivity index (χ0) is 14.4. The van der Waals surface area contributed by atoms with Crippen molar-refractivity contribution >= 4 is 5.78 Å². The molecule has 0 radical (unpaired) electrons. The number of aromatic nitrogens is 2. The van der Waals surface area contributed by atoms with Gasteiger partial charge in [0.1, 0.15) is 6.10 Å². The fourth-order valence-corrected chi connectivity index (χ4v) is 3.12. The van der Waals surface area contributed by atoms with E-state index in [9.17, 15) is 4.79 Å². The quantitative estimate of drug-likeness (QED) is 0.770. The Morgan fingerprint density at radius 2 is 2.20 bits per heavy atom. The highest BCUT2D eigenvalue weighted by Crippen LogP contribution is 2.29. The highest BCUT2D eigenvalue weighted by molar-refractivity contribution is 5.83. The summed E-state index contributed by atoms with van der Waals surface area (Å²) in [6.07, 6.45) is 11.0. The van der Waals surface area contributed by atoms with Crippen molar-refractivity contribution in [3.8, 4) is 0 Å². The minimum atomic E-state index is -0.183. The number of hydrogen-bond donors (Lipinski definition) is 0. The molecule has 1 aliphatic rings. The summed E-state index contributed by atoms with van der Waals surface area (Å²) in [6, 6.07) is 0. The van der Waals surface area contributed by atoms with Gasteiger partial charge in [-0.3, -0.25) is 9.48 Å². The summed E-state index contributed by atoms with van der Waals surface area (Å²) in [6.45, 7) is 2.60. The fourth-order valence-electron chi connectivity index (χ4n) is 3.12.